The number of alkyl halides is 1. The molecule has 1 fully saturated rings. The summed E-state index contributed by atoms with van der Waals surface area (Å²) in [6.45, 7) is 4.38. The van der Waals surface area contributed by atoms with Gasteiger partial charge in [0.1, 0.15) is 0 Å². The molecule has 2 rings (SSSR count). The molecule has 4 heteroatoms. The van der Waals surface area contributed by atoms with Crippen LogP contribution in [-0.4, -0.2) is 15.0 Å². The van der Waals surface area contributed by atoms with Gasteiger partial charge in [0.15, 0.2) is 0 Å². The summed E-state index contributed by atoms with van der Waals surface area (Å²) in [5, 5.41) is 8.47. The molecular weight excluding hydrogens is 266 g/mol. The molecule has 0 aromatic carbocycles. The third kappa shape index (κ3) is 2.65. The molecule has 90 valence electrons. The van der Waals surface area contributed by atoms with E-state index in [0.717, 1.165) is 11.6 Å². The summed E-state index contributed by atoms with van der Waals surface area (Å²) in [4.78, 5) is 0.298. The lowest BCUT2D eigenvalue weighted by Gasteiger charge is -2.28. The molecule has 0 bridgehead atoms. The van der Waals surface area contributed by atoms with Gasteiger partial charge in [-0.25, -0.2) is 4.68 Å². The molecular formula is C12H20BrN3. The Morgan fingerprint density at radius 1 is 1.56 bits per heavy atom. The second-order valence-electron chi connectivity index (χ2n) is 4.83. The minimum atomic E-state index is 0.298. The van der Waals surface area contributed by atoms with Crippen molar-refractivity contribution in [2.45, 2.75) is 56.8 Å². The van der Waals surface area contributed by atoms with E-state index in [4.69, 9.17) is 0 Å². The minimum absolute atomic E-state index is 0.298. The van der Waals surface area contributed by atoms with Gasteiger partial charge in [0.25, 0.3) is 0 Å². The molecule has 1 aromatic rings. The molecule has 0 spiro atoms. The monoisotopic (exact) mass is 285 g/mol. The van der Waals surface area contributed by atoms with E-state index in [1.54, 1.807) is 0 Å². The van der Waals surface area contributed by atoms with Gasteiger partial charge in [0, 0.05) is 6.20 Å². The van der Waals surface area contributed by atoms with Crippen molar-refractivity contribution >= 4 is 15.9 Å². The van der Waals surface area contributed by atoms with E-state index in [2.05, 4.69) is 51.0 Å². The van der Waals surface area contributed by atoms with Crippen molar-refractivity contribution in [3.63, 3.8) is 0 Å². The average molecular weight is 286 g/mol. The van der Waals surface area contributed by atoms with E-state index in [1.807, 2.05) is 0 Å². The summed E-state index contributed by atoms with van der Waals surface area (Å²) >= 11 is 3.53. The highest BCUT2D eigenvalue weighted by Gasteiger charge is 2.23. The Bertz CT molecular complexity index is 335. The molecule has 0 saturated heterocycles. The smallest absolute Gasteiger partial charge is 0.0960 e. The second-order valence-corrected chi connectivity index (χ2v) is 6.21. The first-order valence-electron chi connectivity index (χ1n) is 6.26. The Morgan fingerprint density at radius 2 is 2.38 bits per heavy atom. The molecule has 0 N–H and O–H groups in total. The van der Waals surface area contributed by atoms with Crippen LogP contribution >= 0.6 is 15.9 Å². The van der Waals surface area contributed by atoms with Crippen LogP contribution in [0.3, 0.4) is 0 Å². The zero-order valence-electron chi connectivity index (χ0n) is 10.1. The Morgan fingerprint density at radius 3 is 3.00 bits per heavy atom. The summed E-state index contributed by atoms with van der Waals surface area (Å²) in [5.41, 5.74) is 1.04. The van der Waals surface area contributed by atoms with Crippen LogP contribution in [0.15, 0.2) is 6.20 Å². The van der Waals surface area contributed by atoms with Crippen molar-refractivity contribution in [1.29, 1.82) is 0 Å². The topological polar surface area (TPSA) is 30.7 Å². The maximum absolute atomic E-state index is 4.27. The Balaban J connectivity index is 2.05. The molecule has 1 aliphatic carbocycles. The van der Waals surface area contributed by atoms with Gasteiger partial charge in [-0.05, 0) is 25.7 Å². The maximum atomic E-state index is 4.27. The van der Waals surface area contributed by atoms with Crippen molar-refractivity contribution in [3.05, 3.63) is 11.9 Å². The van der Waals surface area contributed by atoms with Crippen LogP contribution < -0.4 is 0 Å². The fraction of sp³-hybridized carbons (Fsp3) is 0.833. The number of nitrogens with zero attached hydrogens (tertiary/aromatic N) is 3. The van der Waals surface area contributed by atoms with Crippen LogP contribution in [-0.2, 0) is 0 Å². The van der Waals surface area contributed by atoms with Crippen LogP contribution in [0.5, 0.6) is 0 Å². The highest BCUT2D eigenvalue weighted by atomic mass is 79.9. The lowest BCUT2D eigenvalue weighted by atomic mass is 9.84. The first-order chi connectivity index (χ1) is 7.70. The molecule has 0 amide bonds. The van der Waals surface area contributed by atoms with Crippen LogP contribution in [0.25, 0.3) is 0 Å². The standard InChI is InChI=1S/C12H20BrN3/c1-3-10-5-4-6-11(7-10)16-8-12(9(2)13)14-15-16/h8-11H,3-7H2,1-2H3. The summed E-state index contributed by atoms with van der Waals surface area (Å²) in [7, 11) is 0. The summed E-state index contributed by atoms with van der Waals surface area (Å²) in [5.74, 6) is 0.882. The van der Waals surface area contributed by atoms with E-state index >= 15 is 0 Å². The van der Waals surface area contributed by atoms with Gasteiger partial charge in [-0.3, -0.25) is 0 Å². The fourth-order valence-electron chi connectivity index (χ4n) is 2.52. The molecule has 0 radical (unpaired) electrons. The molecule has 1 aromatic heterocycles. The van der Waals surface area contributed by atoms with Gasteiger partial charge in [-0.2, -0.15) is 0 Å². The van der Waals surface area contributed by atoms with E-state index in [-0.39, 0.29) is 0 Å². The van der Waals surface area contributed by atoms with Gasteiger partial charge in [-0.15, -0.1) is 5.10 Å². The van der Waals surface area contributed by atoms with Crippen molar-refractivity contribution in [3.8, 4) is 0 Å². The van der Waals surface area contributed by atoms with Crippen molar-refractivity contribution < 1.29 is 0 Å². The third-order valence-electron chi connectivity index (χ3n) is 3.64. The predicted molar refractivity (Wildman–Crippen MR) is 68.7 cm³/mol. The second kappa shape index (κ2) is 5.30. The molecule has 16 heavy (non-hydrogen) atoms. The van der Waals surface area contributed by atoms with E-state index in [9.17, 15) is 0 Å². The van der Waals surface area contributed by atoms with E-state index in [1.165, 1.54) is 32.1 Å². The first-order valence-corrected chi connectivity index (χ1v) is 7.18. The SMILES string of the molecule is CCC1CCCC(n2cc(C(C)Br)nn2)C1. The highest BCUT2D eigenvalue weighted by molar-refractivity contribution is 9.09. The van der Waals surface area contributed by atoms with Gasteiger partial charge in [-0.1, -0.05) is 47.3 Å². The Kier molecular flexibility index (Phi) is 4.00. The molecule has 0 aliphatic heterocycles. The van der Waals surface area contributed by atoms with E-state index < -0.39 is 0 Å². The Labute approximate surface area is 106 Å². The number of hydrogen-bond acceptors (Lipinski definition) is 2. The zero-order valence-corrected chi connectivity index (χ0v) is 11.7. The lowest BCUT2D eigenvalue weighted by molar-refractivity contribution is 0.245. The molecule has 1 aliphatic rings. The summed E-state index contributed by atoms with van der Waals surface area (Å²) in [6, 6.07) is 0.575. The number of hydrogen-bond donors (Lipinski definition) is 0. The van der Waals surface area contributed by atoms with Gasteiger partial charge in [0.2, 0.25) is 0 Å². The summed E-state index contributed by atoms with van der Waals surface area (Å²) in [6.07, 6.45) is 8.66. The summed E-state index contributed by atoms with van der Waals surface area (Å²) < 4.78 is 2.08. The molecule has 1 saturated carbocycles. The average Bonchev–Trinajstić information content (AvgIpc) is 2.78. The molecule has 3 unspecified atom stereocenters. The predicted octanol–water partition coefficient (Wildman–Crippen LogP) is 3.88. The van der Waals surface area contributed by atoms with Crippen LogP contribution in [0.1, 0.15) is 62.5 Å². The minimum Gasteiger partial charge on any atom is -0.249 e. The van der Waals surface area contributed by atoms with Crippen molar-refractivity contribution in [1.82, 2.24) is 15.0 Å². The maximum Gasteiger partial charge on any atom is 0.0960 e. The number of aromatic nitrogens is 3. The van der Waals surface area contributed by atoms with Gasteiger partial charge in [0.05, 0.1) is 16.6 Å². The first kappa shape index (κ1) is 12.1. The lowest BCUT2D eigenvalue weighted by Crippen LogP contribution is -2.19. The largest absolute Gasteiger partial charge is 0.249 e. The van der Waals surface area contributed by atoms with Crippen LogP contribution in [0.4, 0.5) is 0 Å². The highest BCUT2D eigenvalue weighted by Crippen LogP contribution is 2.34. The molecule has 3 atom stereocenters. The van der Waals surface area contributed by atoms with Gasteiger partial charge < -0.3 is 0 Å². The van der Waals surface area contributed by atoms with E-state index in [0.29, 0.717) is 10.9 Å². The third-order valence-corrected chi connectivity index (χ3v) is 4.11. The molecule has 1 heterocycles. The zero-order chi connectivity index (χ0) is 11.5. The van der Waals surface area contributed by atoms with Gasteiger partial charge >= 0.3 is 0 Å². The van der Waals surface area contributed by atoms with Crippen LogP contribution in [0.2, 0.25) is 0 Å². The Hall–Kier alpha value is -0.380. The number of rotatable bonds is 3. The number of halogens is 1. The van der Waals surface area contributed by atoms with Crippen molar-refractivity contribution in [2.75, 3.05) is 0 Å². The van der Waals surface area contributed by atoms with Crippen molar-refractivity contribution in [2.24, 2.45) is 5.92 Å². The fourth-order valence-corrected chi connectivity index (χ4v) is 2.73. The quantitative estimate of drug-likeness (QED) is 0.790. The van der Waals surface area contributed by atoms with Crippen LogP contribution in [0, 0.1) is 5.92 Å². The molecule has 3 nitrogen and oxygen atoms in total. The normalized spacial score (nSPS) is 27.9.